The Balaban J connectivity index is 2.44. The molecule has 0 amide bonds. The molecule has 0 spiro atoms. The fourth-order valence-electron chi connectivity index (χ4n) is 2.16. The van der Waals surface area contributed by atoms with Gasteiger partial charge in [0.2, 0.25) is 0 Å². The number of hydrogen-bond acceptors (Lipinski definition) is 3. The van der Waals surface area contributed by atoms with E-state index >= 15 is 0 Å². The van der Waals surface area contributed by atoms with Gasteiger partial charge in [0.05, 0.1) is 0 Å². The Labute approximate surface area is 133 Å². The molecular weight excluding hydrogens is 338 g/mol. The lowest BCUT2D eigenvalue weighted by atomic mass is 9.91. The first-order valence-corrected chi connectivity index (χ1v) is 8.68. The average Bonchev–Trinajstić information content (AvgIpc) is 2.44. The van der Waals surface area contributed by atoms with Crippen molar-refractivity contribution in [3.63, 3.8) is 0 Å². The van der Waals surface area contributed by atoms with E-state index in [2.05, 4.69) is 33.4 Å². The summed E-state index contributed by atoms with van der Waals surface area (Å²) in [5, 5.41) is 12.6. The maximum absolute atomic E-state index is 11.5. The van der Waals surface area contributed by atoms with Crippen LogP contribution in [0.15, 0.2) is 33.6 Å². The van der Waals surface area contributed by atoms with Gasteiger partial charge in [-0.2, -0.15) is 0 Å². The highest BCUT2D eigenvalue weighted by molar-refractivity contribution is 9.10. The summed E-state index contributed by atoms with van der Waals surface area (Å²) < 4.78 is 1.07. The topological polar surface area (TPSA) is 49.3 Å². The lowest BCUT2D eigenvalue weighted by molar-refractivity contribution is -0.145. The number of halogens is 1. The van der Waals surface area contributed by atoms with E-state index in [4.69, 9.17) is 0 Å². The maximum atomic E-state index is 11.5. The zero-order valence-corrected chi connectivity index (χ0v) is 14.4. The van der Waals surface area contributed by atoms with Crippen LogP contribution in [0, 0.1) is 0 Å². The molecule has 1 unspecified atom stereocenters. The second-order valence-electron chi connectivity index (χ2n) is 4.68. The number of likely N-dealkylation sites (N-methyl/N-ethyl adjacent to an activating group) is 1. The van der Waals surface area contributed by atoms with Gasteiger partial charge in [-0.15, -0.1) is 11.8 Å². The van der Waals surface area contributed by atoms with Gasteiger partial charge in [-0.25, -0.2) is 0 Å². The van der Waals surface area contributed by atoms with Crippen molar-refractivity contribution in [3.05, 3.63) is 28.7 Å². The molecule has 1 aromatic carbocycles. The van der Waals surface area contributed by atoms with Crippen LogP contribution in [0.4, 0.5) is 0 Å². The minimum Gasteiger partial charge on any atom is -0.480 e. The summed E-state index contributed by atoms with van der Waals surface area (Å²) >= 11 is 5.18. The normalized spacial score (nSPS) is 13.9. The minimum absolute atomic E-state index is 0.610. The zero-order valence-electron chi connectivity index (χ0n) is 12.0. The van der Waals surface area contributed by atoms with Crippen LogP contribution in [0.2, 0.25) is 0 Å². The number of aliphatic carboxylic acids is 1. The molecule has 5 heteroatoms. The number of carbonyl (C=O) groups is 1. The average molecular weight is 360 g/mol. The minimum atomic E-state index is -0.769. The summed E-state index contributed by atoms with van der Waals surface area (Å²) in [7, 11) is 0. The summed E-state index contributed by atoms with van der Waals surface area (Å²) in [6.07, 6.45) is 2.16. The third kappa shape index (κ3) is 5.11. The van der Waals surface area contributed by atoms with Gasteiger partial charge in [-0.05, 0) is 55.8 Å². The molecule has 2 N–H and O–H groups in total. The molecule has 0 bridgehead atoms. The Morgan fingerprint density at radius 3 is 2.50 bits per heavy atom. The first-order chi connectivity index (χ1) is 9.54. The van der Waals surface area contributed by atoms with E-state index in [0.717, 1.165) is 16.6 Å². The van der Waals surface area contributed by atoms with Crippen molar-refractivity contribution >= 4 is 33.7 Å². The van der Waals surface area contributed by atoms with Gasteiger partial charge in [0.25, 0.3) is 0 Å². The van der Waals surface area contributed by atoms with Gasteiger partial charge in [0.15, 0.2) is 0 Å². The quantitative estimate of drug-likeness (QED) is 0.513. The summed E-state index contributed by atoms with van der Waals surface area (Å²) in [4.78, 5) is 12.7. The molecule has 0 heterocycles. The van der Waals surface area contributed by atoms with Crippen LogP contribution in [0.1, 0.15) is 33.1 Å². The largest absolute Gasteiger partial charge is 0.480 e. The number of carboxylic acid groups (broad SMARTS) is 1. The van der Waals surface area contributed by atoms with E-state index in [-0.39, 0.29) is 0 Å². The van der Waals surface area contributed by atoms with E-state index in [9.17, 15) is 9.90 Å². The third-order valence-electron chi connectivity index (χ3n) is 3.36. The molecule has 1 atom stereocenters. The van der Waals surface area contributed by atoms with Gasteiger partial charge in [-0.3, -0.25) is 4.79 Å². The Morgan fingerprint density at radius 2 is 2.00 bits per heavy atom. The van der Waals surface area contributed by atoms with Crippen LogP contribution in [-0.2, 0) is 4.79 Å². The van der Waals surface area contributed by atoms with Crippen LogP contribution in [0.3, 0.4) is 0 Å². The molecule has 20 heavy (non-hydrogen) atoms. The summed E-state index contributed by atoms with van der Waals surface area (Å²) in [5.74, 6) is 0.192. The lowest BCUT2D eigenvalue weighted by Crippen LogP contribution is -2.51. The van der Waals surface area contributed by atoms with E-state index in [1.54, 1.807) is 11.8 Å². The first-order valence-electron chi connectivity index (χ1n) is 6.91. The highest BCUT2D eigenvalue weighted by Gasteiger charge is 2.34. The van der Waals surface area contributed by atoms with Gasteiger partial charge in [0.1, 0.15) is 5.54 Å². The predicted molar refractivity (Wildman–Crippen MR) is 88.4 cm³/mol. The van der Waals surface area contributed by atoms with Gasteiger partial charge >= 0.3 is 5.97 Å². The molecule has 1 rings (SSSR count). The summed E-state index contributed by atoms with van der Waals surface area (Å²) in [6.45, 7) is 4.56. The number of thioether (sulfide) groups is 1. The fraction of sp³-hybridized carbons (Fsp3) is 0.533. The van der Waals surface area contributed by atoms with Crippen molar-refractivity contribution in [3.8, 4) is 0 Å². The van der Waals surface area contributed by atoms with Crippen LogP contribution in [-0.4, -0.2) is 28.9 Å². The maximum Gasteiger partial charge on any atom is 0.323 e. The Morgan fingerprint density at radius 1 is 1.35 bits per heavy atom. The molecule has 0 aliphatic heterocycles. The van der Waals surface area contributed by atoms with Crippen molar-refractivity contribution in [2.24, 2.45) is 0 Å². The van der Waals surface area contributed by atoms with E-state index in [0.29, 0.717) is 19.4 Å². The number of rotatable bonds is 9. The van der Waals surface area contributed by atoms with Crippen LogP contribution in [0.5, 0.6) is 0 Å². The molecule has 0 radical (unpaired) electrons. The molecule has 0 aliphatic rings. The standard InChI is InChI=1S/C15H22BrNO2S/c1-3-15(14(18)19,17-4-2)10-5-11-20-13-8-6-12(16)7-9-13/h6-9,17H,3-5,10-11H2,1-2H3,(H,18,19). The zero-order chi connectivity index (χ0) is 15.0. The second kappa shape index (κ2) is 8.70. The summed E-state index contributed by atoms with van der Waals surface area (Å²) in [5.41, 5.74) is -0.769. The molecule has 112 valence electrons. The smallest absolute Gasteiger partial charge is 0.323 e. The Bertz CT molecular complexity index is 424. The molecule has 0 saturated heterocycles. The van der Waals surface area contributed by atoms with Crippen molar-refractivity contribution in [2.45, 2.75) is 43.5 Å². The molecule has 3 nitrogen and oxygen atoms in total. The van der Waals surface area contributed by atoms with Crippen molar-refractivity contribution < 1.29 is 9.90 Å². The van der Waals surface area contributed by atoms with Crippen LogP contribution >= 0.6 is 27.7 Å². The number of nitrogens with one attached hydrogen (secondary N) is 1. The van der Waals surface area contributed by atoms with E-state index < -0.39 is 11.5 Å². The monoisotopic (exact) mass is 359 g/mol. The Hall–Kier alpha value is -0.520. The van der Waals surface area contributed by atoms with Crippen molar-refractivity contribution in [1.82, 2.24) is 5.32 Å². The predicted octanol–water partition coefficient (Wildman–Crippen LogP) is 4.16. The molecule has 0 aromatic heterocycles. The van der Waals surface area contributed by atoms with Gasteiger partial charge in [0, 0.05) is 9.37 Å². The molecule has 0 saturated carbocycles. The fourth-order valence-corrected chi connectivity index (χ4v) is 3.27. The van der Waals surface area contributed by atoms with Crippen LogP contribution < -0.4 is 5.32 Å². The van der Waals surface area contributed by atoms with Crippen molar-refractivity contribution in [2.75, 3.05) is 12.3 Å². The number of hydrogen-bond donors (Lipinski definition) is 2. The molecular formula is C15H22BrNO2S. The number of carboxylic acids is 1. The summed E-state index contributed by atoms with van der Waals surface area (Å²) in [6, 6.07) is 8.19. The second-order valence-corrected chi connectivity index (χ2v) is 6.76. The van der Waals surface area contributed by atoms with E-state index in [1.165, 1.54) is 4.90 Å². The van der Waals surface area contributed by atoms with Crippen LogP contribution in [0.25, 0.3) is 0 Å². The molecule has 0 fully saturated rings. The number of benzene rings is 1. The highest BCUT2D eigenvalue weighted by atomic mass is 79.9. The lowest BCUT2D eigenvalue weighted by Gasteiger charge is -2.29. The molecule has 1 aromatic rings. The van der Waals surface area contributed by atoms with E-state index in [1.807, 2.05) is 26.0 Å². The van der Waals surface area contributed by atoms with Crippen molar-refractivity contribution in [1.29, 1.82) is 0 Å². The molecule has 0 aliphatic carbocycles. The highest BCUT2D eigenvalue weighted by Crippen LogP contribution is 2.24. The van der Waals surface area contributed by atoms with Gasteiger partial charge < -0.3 is 10.4 Å². The van der Waals surface area contributed by atoms with Gasteiger partial charge in [-0.1, -0.05) is 29.8 Å². The third-order valence-corrected chi connectivity index (χ3v) is 4.99. The Kier molecular flexibility index (Phi) is 7.62. The first kappa shape index (κ1) is 17.5. The SMILES string of the molecule is CCNC(CC)(CCCSc1ccc(Br)cc1)C(=O)O.